The first kappa shape index (κ1) is 18.6. The number of aryl methyl sites for hydroxylation is 1. The van der Waals surface area contributed by atoms with Crippen molar-refractivity contribution in [3.63, 3.8) is 0 Å². The maximum atomic E-state index is 6.04. The predicted octanol–water partition coefficient (Wildman–Crippen LogP) is 5.14. The summed E-state index contributed by atoms with van der Waals surface area (Å²) in [4.78, 5) is 10.0. The van der Waals surface area contributed by atoms with E-state index < -0.39 is 0 Å². The summed E-state index contributed by atoms with van der Waals surface area (Å²) in [6.07, 6.45) is 4.54. The molecule has 6 heteroatoms. The van der Waals surface area contributed by atoms with Gasteiger partial charge in [-0.15, -0.1) is 0 Å². The Balaban J connectivity index is 1.64. The summed E-state index contributed by atoms with van der Waals surface area (Å²) in [7, 11) is 1.67. The molecule has 1 aromatic heterocycles. The number of nitrogens with zero attached hydrogens (tertiary/aromatic N) is 3. The van der Waals surface area contributed by atoms with E-state index in [0.717, 1.165) is 39.8 Å². The fourth-order valence-corrected chi connectivity index (χ4v) is 3.65. The van der Waals surface area contributed by atoms with Crippen molar-refractivity contribution in [3.05, 3.63) is 76.8 Å². The summed E-state index contributed by atoms with van der Waals surface area (Å²) < 4.78 is 7.58. The minimum atomic E-state index is 0.0000168. The number of rotatable bonds is 4. The average molecular weight is 396 g/mol. The molecular weight excluding hydrogens is 374 g/mol. The van der Waals surface area contributed by atoms with Crippen LogP contribution in [0.4, 0.5) is 0 Å². The van der Waals surface area contributed by atoms with Crippen LogP contribution in [0, 0.1) is 6.92 Å². The maximum Gasteiger partial charge on any atom is 0.143 e. The molecule has 28 heavy (non-hydrogen) atoms. The molecule has 3 aromatic rings. The number of ether oxygens (including phenoxy) is 1. The van der Waals surface area contributed by atoms with Crippen molar-refractivity contribution in [2.45, 2.75) is 32.3 Å². The number of halogens is 1. The second-order valence-electron chi connectivity index (χ2n) is 7.02. The molecule has 0 spiro atoms. The van der Waals surface area contributed by atoms with E-state index in [1.165, 1.54) is 5.56 Å². The third-order valence-electron chi connectivity index (χ3n) is 5.11. The van der Waals surface area contributed by atoms with Crippen LogP contribution >= 0.6 is 11.6 Å². The van der Waals surface area contributed by atoms with Crippen molar-refractivity contribution in [2.24, 2.45) is 5.16 Å². The largest absolute Gasteiger partial charge is 0.495 e. The van der Waals surface area contributed by atoms with Gasteiger partial charge >= 0.3 is 0 Å². The van der Waals surface area contributed by atoms with Gasteiger partial charge in [-0.1, -0.05) is 35.0 Å². The van der Waals surface area contributed by atoms with Gasteiger partial charge < -0.3 is 14.1 Å². The van der Waals surface area contributed by atoms with Crippen LogP contribution in [0.3, 0.4) is 0 Å². The molecule has 5 nitrogen and oxygen atoms in total. The number of hydrogen-bond donors (Lipinski definition) is 0. The van der Waals surface area contributed by atoms with Crippen molar-refractivity contribution < 1.29 is 9.57 Å². The fourth-order valence-electron chi connectivity index (χ4n) is 3.52. The van der Waals surface area contributed by atoms with Gasteiger partial charge in [0.2, 0.25) is 0 Å². The van der Waals surface area contributed by atoms with Crippen LogP contribution in [0.5, 0.6) is 5.75 Å². The third-order valence-corrected chi connectivity index (χ3v) is 5.36. The second kappa shape index (κ2) is 7.68. The summed E-state index contributed by atoms with van der Waals surface area (Å²) in [5.74, 6) is 0.978. The maximum absolute atomic E-state index is 6.04. The van der Waals surface area contributed by atoms with Gasteiger partial charge in [-0.25, -0.2) is 4.98 Å². The lowest BCUT2D eigenvalue weighted by atomic mass is 9.86. The number of aromatic nitrogens is 2. The molecule has 144 valence electrons. The highest BCUT2D eigenvalue weighted by Gasteiger charge is 2.28. The molecule has 2 atom stereocenters. The van der Waals surface area contributed by atoms with Crippen molar-refractivity contribution in [3.8, 4) is 11.4 Å². The molecule has 2 unspecified atom stereocenters. The molecule has 0 saturated carbocycles. The van der Waals surface area contributed by atoms with E-state index in [2.05, 4.69) is 22.3 Å². The van der Waals surface area contributed by atoms with Gasteiger partial charge in [-0.05, 0) is 43.7 Å². The van der Waals surface area contributed by atoms with E-state index in [-0.39, 0.29) is 12.0 Å². The molecule has 0 amide bonds. The van der Waals surface area contributed by atoms with Gasteiger partial charge in [0.1, 0.15) is 11.9 Å². The fraction of sp³-hybridized carbons (Fsp3) is 0.273. The van der Waals surface area contributed by atoms with Gasteiger partial charge in [0, 0.05) is 29.1 Å². The van der Waals surface area contributed by atoms with Gasteiger partial charge in [0.25, 0.3) is 0 Å². The molecule has 0 radical (unpaired) electrons. The van der Waals surface area contributed by atoms with E-state index >= 15 is 0 Å². The molecule has 1 aliphatic heterocycles. The van der Waals surface area contributed by atoms with Crippen LogP contribution in [0.15, 0.2) is 60.1 Å². The van der Waals surface area contributed by atoms with E-state index in [4.69, 9.17) is 21.2 Å². The first-order valence-electron chi connectivity index (χ1n) is 9.22. The third kappa shape index (κ3) is 3.62. The first-order chi connectivity index (χ1) is 13.5. The predicted molar refractivity (Wildman–Crippen MR) is 111 cm³/mol. The molecule has 2 heterocycles. The summed E-state index contributed by atoms with van der Waals surface area (Å²) in [6.45, 7) is 4.01. The molecule has 0 fully saturated rings. The Morgan fingerprint density at radius 2 is 1.96 bits per heavy atom. The number of methoxy groups -OCH3 is 1. The van der Waals surface area contributed by atoms with Gasteiger partial charge in [-0.3, -0.25) is 0 Å². The van der Waals surface area contributed by atoms with Crippen LogP contribution in [-0.4, -0.2) is 28.5 Å². The van der Waals surface area contributed by atoms with Crippen molar-refractivity contribution >= 4 is 17.3 Å². The van der Waals surface area contributed by atoms with Crippen LogP contribution in [-0.2, 0) is 4.84 Å². The van der Waals surface area contributed by atoms with E-state index in [9.17, 15) is 0 Å². The number of hydrogen-bond acceptors (Lipinski definition) is 4. The first-order valence-corrected chi connectivity index (χ1v) is 9.60. The molecule has 0 bridgehead atoms. The Morgan fingerprint density at radius 3 is 2.64 bits per heavy atom. The van der Waals surface area contributed by atoms with Crippen LogP contribution in [0.25, 0.3) is 5.69 Å². The number of oxime groups is 1. The summed E-state index contributed by atoms with van der Waals surface area (Å²) in [5, 5.41) is 5.11. The monoisotopic (exact) mass is 395 g/mol. The zero-order chi connectivity index (χ0) is 19.7. The van der Waals surface area contributed by atoms with Gasteiger partial charge in [0.05, 0.1) is 30.5 Å². The summed E-state index contributed by atoms with van der Waals surface area (Å²) in [5.41, 5.74) is 4.98. The van der Waals surface area contributed by atoms with Crippen LogP contribution < -0.4 is 4.74 Å². The second-order valence-corrected chi connectivity index (χ2v) is 7.46. The Hall–Kier alpha value is -2.79. The highest BCUT2D eigenvalue weighted by molar-refractivity contribution is 6.30. The molecule has 0 N–H and O–H groups in total. The molecule has 2 aromatic carbocycles. The van der Waals surface area contributed by atoms with Crippen LogP contribution in [0.2, 0.25) is 5.02 Å². The lowest BCUT2D eigenvalue weighted by Gasteiger charge is -2.28. The quantitative estimate of drug-likeness (QED) is 0.614. The molecule has 4 rings (SSSR count). The molecule has 0 aliphatic carbocycles. The number of benzene rings is 2. The smallest absolute Gasteiger partial charge is 0.143 e. The zero-order valence-corrected chi connectivity index (χ0v) is 16.8. The summed E-state index contributed by atoms with van der Waals surface area (Å²) >= 11 is 6.04. The minimum absolute atomic E-state index is 0.0000168. The van der Waals surface area contributed by atoms with E-state index in [0.29, 0.717) is 0 Å². The van der Waals surface area contributed by atoms with E-state index in [1.807, 2.05) is 54.9 Å². The van der Waals surface area contributed by atoms with E-state index in [1.54, 1.807) is 13.4 Å². The highest BCUT2D eigenvalue weighted by Crippen LogP contribution is 2.33. The Morgan fingerprint density at radius 1 is 1.18 bits per heavy atom. The minimum Gasteiger partial charge on any atom is -0.495 e. The Labute approximate surface area is 169 Å². The average Bonchev–Trinajstić information content (AvgIpc) is 3.15. The Kier molecular flexibility index (Phi) is 5.09. The number of imidazole rings is 1. The topological polar surface area (TPSA) is 48.6 Å². The van der Waals surface area contributed by atoms with Gasteiger partial charge in [-0.2, -0.15) is 0 Å². The van der Waals surface area contributed by atoms with Crippen molar-refractivity contribution in [1.82, 2.24) is 9.55 Å². The Bertz CT molecular complexity index is 1010. The lowest BCUT2D eigenvalue weighted by molar-refractivity contribution is 0.0421. The van der Waals surface area contributed by atoms with Gasteiger partial charge in [0.15, 0.2) is 0 Å². The van der Waals surface area contributed by atoms with Crippen molar-refractivity contribution in [1.29, 1.82) is 0 Å². The molecule has 0 saturated heterocycles. The van der Waals surface area contributed by atoms with Crippen molar-refractivity contribution in [2.75, 3.05) is 7.11 Å². The summed E-state index contributed by atoms with van der Waals surface area (Å²) in [6, 6.07) is 14.0. The SMILES string of the molecule is COc1cc(C2=NOC(C)C(c3ccc(Cl)cc3)C2)ccc1-n1cnc(C)c1. The molecular formula is C22H22ClN3O2. The van der Waals surface area contributed by atoms with Crippen LogP contribution in [0.1, 0.15) is 36.1 Å². The highest BCUT2D eigenvalue weighted by atomic mass is 35.5. The molecule has 1 aliphatic rings. The standard InChI is InChI=1S/C22H22ClN3O2/c1-14-12-26(13-24-14)21-9-6-17(10-22(21)27-3)20-11-19(15(2)28-25-20)16-4-7-18(23)8-5-16/h4-10,12-13,15,19H,11H2,1-3H3. The lowest BCUT2D eigenvalue weighted by Crippen LogP contribution is -2.26. The zero-order valence-electron chi connectivity index (χ0n) is 16.1. The normalized spacial score (nSPS) is 19.1.